The SMILES string of the molecule is CC(C)(C)c1ccc([S+]2C3CCC2CC(=O)OC3)cc1. The van der Waals surface area contributed by atoms with Crippen LogP contribution in [0.4, 0.5) is 0 Å². The molecule has 2 heterocycles. The van der Waals surface area contributed by atoms with Crippen LogP contribution in [0.3, 0.4) is 0 Å². The molecule has 3 rings (SSSR count). The van der Waals surface area contributed by atoms with Crippen molar-refractivity contribution < 1.29 is 9.53 Å². The van der Waals surface area contributed by atoms with E-state index in [9.17, 15) is 4.79 Å². The van der Waals surface area contributed by atoms with E-state index in [-0.39, 0.29) is 22.3 Å². The van der Waals surface area contributed by atoms with Crippen molar-refractivity contribution in [1.29, 1.82) is 0 Å². The maximum Gasteiger partial charge on any atom is 0.311 e. The molecular weight excluding hydrogens is 268 g/mol. The number of ether oxygens (including phenoxy) is 1. The van der Waals surface area contributed by atoms with Crippen LogP contribution in [-0.4, -0.2) is 23.1 Å². The summed E-state index contributed by atoms with van der Waals surface area (Å²) in [6.07, 6.45) is 3.01. The third-order valence-electron chi connectivity index (χ3n) is 4.35. The molecule has 2 aliphatic rings. The zero-order valence-electron chi connectivity index (χ0n) is 12.5. The summed E-state index contributed by atoms with van der Waals surface area (Å²) in [7, 11) is 0.195. The average molecular weight is 291 g/mol. The van der Waals surface area contributed by atoms with Crippen LogP contribution in [-0.2, 0) is 25.8 Å². The van der Waals surface area contributed by atoms with Crippen molar-refractivity contribution in [3.05, 3.63) is 29.8 Å². The molecular formula is C17H23O2S+. The second kappa shape index (κ2) is 5.10. The van der Waals surface area contributed by atoms with E-state index in [1.165, 1.54) is 23.3 Å². The lowest BCUT2D eigenvalue weighted by atomic mass is 9.87. The molecule has 2 aliphatic heterocycles. The zero-order valence-corrected chi connectivity index (χ0v) is 13.3. The summed E-state index contributed by atoms with van der Waals surface area (Å²) in [4.78, 5) is 13.0. The molecule has 1 aromatic rings. The molecule has 1 aromatic carbocycles. The summed E-state index contributed by atoms with van der Waals surface area (Å²) in [6.45, 7) is 7.35. The summed E-state index contributed by atoms with van der Waals surface area (Å²) in [5.74, 6) is 0.000937. The van der Waals surface area contributed by atoms with Crippen molar-refractivity contribution in [1.82, 2.24) is 0 Å². The number of benzene rings is 1. The highest BCUT2D eigenvalue weighted by Gasteiger charge is 2.50. The predicted octanol–water partition coefficient (Wildman–Crippen LogP) is 3.44. The summed E-state index contributed by atoms with van der Waals surface area (Å²) < 4.78 is 5.33. The van der Waals surface area contributed by atoms with E-state index in [2.05, 4.69) is 45.0 Å². The van der Waals surface area contributed by atoms with Crippen molar-refractivity contribution in [2.45, 2.75) is 60.8 Å². The number of esters is 1. The Kier molecular flexibility index (Phi) is 3.57. The lowest BCUT2D eigenvalue weighted by Crippen LogP contribution is -2.24. The lowest BCUT2D eigenvalue weighted by Gasteiger charge is -2.19. The summed E-state index contributed by atoms with van der Waals surface area (Å²) in [6, 6.07) is 9.08. The minimum absolute atomic E-state index is 0.000937. The van der Waals surface area contributed by atoms with Crippen molar-refractivity contribution in [3.63, 3.8) is 0 Å². The smallest absolute Gasteiger partial charge is 0.311 e. The molecule has 20 heavy (non-hydrogen) atoms. The third-order valence-corrected chi connectivity index (χ3v) is 7.37. The molecule has 3 atom stereocenters. The first-order valence-corrected chi connectivity index (χ1v) is 8.78. The second-order valence-electron chi connectivity index (χ2n) is 6.85. The van der Waals surface area contributed by atoms with Gasteiger partial charge in [0.05, 0.1) is 6.42 Å². The minimum Gasteiger partial charge on any atom is -0.460 e. The van der Waals surface area contributed by atoms with Gasteiger partial charge in [-0.1, -0.05) is 32.9 Å². The molecule has 0 N–H and O–H groups in total. The number of carbonyl (C=O) groups is 1. The number of hydrogen-bond donors (Lipinski definition) is 0. The van der Waals surface area contributed by atoms with Gasteiger partial charge in [-0.3, -0.25) is 4.79 Å². The van der Waals surface area contributed by atoms with Gasteiger partial charge in [0.25, 0.3) is 0 Å². The number of carbonyl (C=O) groups excluding carboxylic acids is 1. The number of hydrogen-bond acceptors (Lipinski definition) is 2. The molecule has 3 heteroatoms. The monoisotopic (exact) mass is 291 g/mol. The molecule has 2 saturated heterocycles. The van der Waals surface area contributed by atoms with Crippen LogP contribution in [0, 0.1) is 0 Å². The molecule has 0 radical (unpaired) electrons. The summed E-state index contributed by atoms with van der Waals surface area (Å²) >= 11 is 0. The highest BCUT2D eigenvalue weighted by Crippen LogP contribution is 2.39. The Labute approximate surface area is 124 Å². The van der Waals surface area contributed by atoms with E-state index in [1.807, 2.05) is 0 Å². The highest BCUT2D eigenvalue weighted by molar-refractivity contribution is 7.98. The van der Waals surface area contributed by atoms with Gasteiger partial charge in [0, 0.05) is 23.7 Å². The maximum atomic E-state index is 11.6. The quantitative estimate of drug-likeness (QED) is 0.585. The molecule has 2 nitrogen and oxygen atoms in total. The van der Waals surface area contributed by atoms with Gasteiger partial charge in [-0.05, 0) is 23.1 Å². The van der Waals surface area contributed by atoms with Crippen LogP contribution in [0.1, 0.15) is 45.6 Å². The minimum atomic E-state index is 0.000937. The molecule has 2 fully saturated rings. The van der Waals surface area contributed by atoms with Crippen molar-refractivity contribution in [3.8, 4) is 0 Å². The van der Waals surface area contributed by atoms with Gasteiger partial charge in [0.15, 0.2) is 10.1 Å². The van der Waals surface area contributed by atoms with Crippen LogP contribution in [0.25, 0.3) is 0 Å². The van der Waals surface area contributed by atoms with E-state index in [1.54, 1.807) is 0 Å². The first kappa shape index (κ1) is 14.0. The van der Waals surface area contributed by atoms with Gasteiger partial charge in [0.1, 0.15) is 11.9 Å². The molecule has 0 aliphatic carbocycles. The Balaban J connectivity index is 1.87. The van der Waals surface area contributed by atoms with Crippen LogP contribution in [0.15, 0.2) is 29.2 Å². The van der Waals surface area contributed by atoms with E-state index >= 15 is 0 Å². The molecule has 108 valence electrons. The molecule has 0 saturated carbocycles. The van der Waals surface area contributed by atoms with Gasteiger partial charge in [-0.15, -0.1) is 0 Å². The summed E-state index contributed by atoms with van der Waals surface area (Å²) in [5, 5.41) is 1.06. The standard InChI is InChI=1S/C17H23O2S/c1-17(2,3)12-4-6-13(7-5-12)20-14-8-9-15(20)11-19-16(18)10-14/h4-7,14-15H,8-11H2,1-3H3/q+1. The van der Waals surface area contributed by atoms with Gasteiger partial charge in [-0.25, -0.2) is 0 Å². The van der Waals surface area contributed by atoms with Crippen LogP contribution in [0.2, 0.25) is 0 Å². The normalized spacial score (nSPS) is 29.9. The van der Waals surface area contributed by atoms with Crippen molar-refractivity contribution in [2.24, 2.45) is 0 Å². The van der Waals surface area contributed by atoms with Gasteiger partial charge in [-0.2, -0.15) is 0 Å². The molecule has 3 unspecified atom stereocenters. The van der Waals surface area contributed by atoms with E-state index in [0.29, 0.717) is 23.5 Å². The molecule has 0 spiro atoms. The van der Waals surface area contributed by atoms with Crippen LogP contribution < -0.4 is 0 Å². The Bertz CT molecular complexity index is 501. The van der Waals surface area contributed by atoms with Gasteiger partial charge < -0.3 is 4.74 Å². The number of rotatable bonds is 1. The van der Waals surface area contributed by atoms with E-state index in [0.717, 1.165) is 0 Å². The van der Waals surface area contributed by atoms with Crippen molar-refractivity contribution >= 4 is 16.9 Å². The first-order chi connectivity index (χ1) is 9.45. The fourth-order valence-corrected chi connectivity index (χ4v) is 6.25. The topological polar surface area (TPSA) is 26.3 Å². The maximum absolute atomic E-state index is 11.6. The number of fused-ring (bicyclic) bond motifs is 2. The van der Waals surface area contributed by atoms with Crippen LogP contribution >= 0.6 is 0 Å². The lowest BCUT2D eigenvalue weighted by molar-refractivity contribution is -0.143. The van der Waals surface area contributed by atoms with Gasteiger partial charge in [0.2, 0.25) is 0 Å². The highest BCUT2D eigenvalue weighted by atomic mass is 32.2. The predicted molar refractivity (Wildman–Crippen MR) is 83.2 cm³/mol. The third kappa shape index (κ3) is 2.60. The largest absolute Gasteiger partial charge is 0.460 e. The van der Waals surface area contributed by atoms with Gasteiger partial charge >= 0.3 is 5.97 Å². The Morgan fingerprint density at radius 3 is 2.40 bits per heavy atom. The fourth-order valence-electron chi connectivity index (χ4n) is 3.17. The molecule has 0 amide bonds. The summed E-state index contributed by atoms with van der Waals surface area (Å²) in [5.41, 5.74) is 1.57. The fraction of sp³-hybridized carbons (Fsp3) is 0.588. The Morgan fingerprint density at radius 2 is 1.75 bits per heavy atom. The first-order valence-electron chi connectivity index (χ1n) is 7.43. The molecule has 0 aromatic heterocycles. The van der Waals surface area contributed by atoms with E-state index < -0.39 is 0 Å². The van der Waals surface area contributed by atoms with Crippen LogP contribution in [0.5, 0.6) is 0 Å². The molecule has 2 bridgehead atoms. The zero-order chi connectivity index (χ0) is 14.3. The Hall–Kier alpha value is -0.960. The average Bonchev–Trinajstić information content (AvgIpc) is 2.69. The van der Waals surface area contributed by atoms with Crippen molar-refractivity contribution in [2.75, 3.05) is 6.61 Å². The van der Waals surface area contributed by atoms with E-state index in [4.69, 9.17) is 4.74 Å². The Morgan fingerprint density at radius 1 is 1.10 bits per heavy atom. The number of cyclic esters (lactones) is 1. The second-order valence-corrected chi connectivity index (χ2v) is 9.40.